The first-order chi connectivity index (χ1) is 14.7. The van der Waals surface area contributed by atoms with E-state index < -0.39 is 6.10 Å². The van der Waals surface area contributed by atoms with Crippen LogP contribution in [0.15, 0.2) is 42.9 Å². The molecular formula is C22H22N6O2. The molecule has 0 radical (unpaired) electrons. The highest BCUT2D eigenvalue weighted by Gasteiger charge is 2.43. The van der Waals surface area contributed by atoms with Crippen molar-refractivity contribution in [1.29, 1.82) is 5.26 Å². The standard InChI is InChI=1S/C22H22N6O2/c23-8-14-10-25-28-5-1-2-18(22(14)28)30-19-7-17(29)21(19)13-3-4-20(24-9-13)27-11-15-6-16(12-27)26-15/h1-5,9-10,15-17,19,21,26,29H,6-7,11-12H2/t15-,16-,17-,19-,21-/m1/s1. The summed E-state index contributed by atoms with van der Waals surface area (Å²) in [6, 6.07) is 11.1. The molecule has 3 aromatic rings. The van der Waals surface area contributed by atoms with Gasteiger partial charge in [0.05, 0.1) is 12.3 Å². The molecule has 3 saturated heterocycles. The summed E-state index contributed by atoms with van der Waals surface area (Å²) in [6.45, 7) is 1.99. The van der Waals surface area contributed by atoms with Gasteiger partial charge in [0, 0.05) is 49.9 Å². The average molecular weight is 402 g/mol. The topological polar surface area (TPSA) is 98.7 Å². The number of aliphatic hydroxyl groups is 1. The summed E-state index contributed by atoms with van der Waals surface area (Å²) in [6.07, 6.45) is 6.37. The van der Waals surface area contributed by atoms with E-state index in [1.165, 1.54) is 12.6 Å². The number of nitrogens with zero attached hydrogens (tertiary/aromatic N) is 5. The van der Waals surface area contributed by atoms with Crippen molar-refractivity contribution in [1.82, 2.24) is 19.9 Å². The molecule has 0 aromatic carbocycles. The van der Waals surface area contributed by atoms with Gasteiger partial charge in [0.1, 0.15) is 34.8 Å². The van der Waals surface area contributed by atoms with Crippen molar-refractivity contribution in [2.75, 3.05) is 18.0 Å². The summed E-state index contributed by atoms with van der Waals surface area (Å²) >= 11 is 0. The quantitative estimate of drug-likeness (QED) is 0.681. The van der Waals surface area contributed by atoms with Crippen LogP contribution in [0.5, 0.6) is 5.75 Å². The fraction of sp³-hybridized carbons (Fsp3) is 0.409. The lowest BCUT2D eigenvalue weighted by Crippen LogP contribution is -2.67. The van der Waals surface area contributed by atoms with Crippen molar-refractivity contribution in [3.63, 3.8) is 0 Å². The molecule has 4 fully saturated rings. The Bertz CT molecular complexity index is 1120. The molecule has 8 heteroatoms. The van der Waals surface area contributed by atoms with Crippen LogP contribution in [0.25, 0.3) is 5.52 Å². The number of ether oxygens (including phenoxy) is 1. The van der Waals surface area contributed by atoms with Crippen molar-refractivity contribution in [3.05, 3.63) is 54.0 Å². The molecule has 30 heavy (non-hydrogen) atoms. The Morgan fingerprint density at radius 1 is 1.17 bits per heavy atom. The first kappa shape index (κ1) is 17.7. The third kappa shape index (κ3) is 2.74. The Labute approximate surface area is 173 Å². The van der Waals surface area contributed by atoms with Crippen molar-refractivity contribution < 1.29 is 9.84 Å². The summed E-state index contributed by atoms with van der Waals surface area (Å²) < 4.78 is 7.90. The molecule has 2 N–H and O–H groups in total. The molecule has 0 unspecified atom stereocenters. The zero-order valence-corrected chi connectivity index (χ0v) is 16.3. The summed E-state index contributed by atoms with van der Waals surface area (Å²) in [5.74, 6) is 1.46. The maximum absolute atomic E-state index is 10.4. The number of aliphatic hydroxyl groups excluding tert-OH is 1. The Hall–Kier alpha value is -3.15. The largest absolute Gasteiger partial charge is 0.487 e. The molecule has 8 nitrogen and oxygen atoms in total. The number of hydrogen-bond acceptors (Lipinski definition) is 7. The lowest BCUT2D eigenvalue weighted by Gasteiger charge is -2.48. The van der Waals surface area contributed by atoms with Crippen molar-refractivity contribution >= 4 is 11.3 Å². The average Bonchev–Trinajstić information content (AvgIpc) is 3.17. The van der Waals surface area contributed by atoms with E-state index in [4.69, 9.17) is 4.74 Å². The number of piperazine rings is 1. The van der Waals surface area contributed by atoms with Crippen LogP contribution in [-0.2, 0) is 0 Å². The molecule has 3 aromatic heterocycles. The lowest BCUT2D eigenvalue weighted by atomic mass is 9.74. The van der Waals surface area contributed by atoms with Crippen LogP contribution < -0.4 is 15.0 Å². The van der Waals surface area contributed by atoms with Gasteiger partial charge in [0.15, 0.2) is 0 Å². The minimum Gasteiger partial charge on any atom is -0.487 e. The third-order valence-electron chi connectivity index (χ3n) is 6.59. The number of hydrogen-bond donors (Lipinski definition) is 2. The van der Waals surface area contributed by atoms with E-state index >= 15 is 0 Å². The minimum absolute atomic E-state index is 0.142. The normalized spacial score (nSPS) is 29.7. The fourth-order valence-corrected chi connectivity index (χ4v) is 4.98. The van der Waals surface area contributed by atoms with Gasteiger partial charge in [-0.2, -0.15) is 10.4 Å². The number of rotatable bonds is 4. The van der Waals surface area contributed by atoms with Crippen LogP contribution in [0.4, 0.5) is 5.82 Å². The van der Waals surface area contributed by atoms with Crippen LogP contribution in [0.1, 0.15) is 29.9 Å². The van der Waals surface area contributed by atoms with Crippen molar-refractivity contribution in [2.24, 2.45) is 0 Å². The Morgan fingerprint density at radius 2 is 2.00 bits per heavy atom. The number of pyridine rings is 2. The van der Waals surface area contributed by atoms with Gasteiger partial charge in [-0.1, -0.05) is 6.07 Å². The molecule has 1 saturated carbocycles. The summed E-state index contributed by atoms with van der Waals surface area (Å²) in [5.41, 5.74) is 2.11. The van der Waals surface area contributed by atoms with E-state index in [-0.39, 0.29) is 12.0 Å². The predicted octanol–water partition coefficient (Wildman–Crippen LogP) is 1.45. The van der Waals surface area contributed by atoms with E-state index in [1.54, 1.807) is 10.7 Å². The van der Waals surface area contributed by atoms with Gasteiger partial charge in [-0.25, -0.2) is 9.50 Å². The molecule has 5 atom stereocenters. The van der Waals surface area contributed by atoms with Gasteiger partial charge < -0.3 is 20.1 Å². The summed E-state index contributed by atoms with van der Waals surface area (Å²) in [7, 11) is 0. The van der Waals surface area contributed by atoms with Crippen LogP contribution in [0.2, 0.25) is 0 Å². The number of nitriles is 1. The van der Waals surface area contributed by atoms with Crippen molar-refractivity contribution in [3.8, 4) is 11.8 Å². The molecule has 0 amide bonds. The Balaban J connectivity index is 1.22. The maximum atomic E-state index is 10.4. The third-order valence-corrected chi connectivity index (χ3v) is 6.59. The molecule has 152 valence electrons. The molecule has 6 heterocycles. The SMILES string of the molecule is N#Cc1cnn2cccc(O[C@@H]3C[C@@H](O)[C@H]3c3ccc(N4C[C@H]5C[C@H](C4)N5)nc3)c12. The van der Waals surface area contributed by atoms with Crippen molar-refractivity contribution in [2.45, 2.75) is 43.1 Å². The number of anilines is 1. The summed E-state index contributed by atoms with van der Waals surface area (Å²) in [4.78, 5) is 7.01. The molecule has 0 spiro atoms. The number of fused-ring (bicyclic) bond motifs is 3. The summed E-state index contributed by atoms with van der Waals surface area (Å²) in [5, 5.41) is 27.5. The van der Waals surface area contributed by atoms with Gasteiger partial charge in [0.2, 0.25) is 0 Å². The minimum atomic E-state index is -0.463. The highest BCUT2D eigenvalue weighted by Crippen LogP contribution is 2.41. The second kappa shape index (κ2) is 6.69. The van der Waals surface area contributed by atoms with E-state index in [9.17, 15) is 10.4 Å². The molecular weight excluding hydrogens is 380 g/mol. The smallest absolute Gasteiger partial charge is 0.146 e. The van der Waals surface area contributed by atoms with Crippen LogP contribution in [-0.4, -0.2) is 57.1 Å². The highest BCUT2D eigenvalue weighted by molar-refractivity contribution is 5.69. The van der Waals surface area contributed by atoms with Crippen LogP contribution in [0.3, 0.4) is 0 Å². The van der Waals surface area contributed by atoms with Gasteiger partial charge in [-0.05, 0) is 30.2 Å². The van der Waals surface area contributed by atoms with E-state index in [0.29, 0.717) is 35.3 Å². The number of nitrogens with one attached hydrogen (secondary N) is 1. The zero-order valence-electron chi connectivity index (χ0n) is 16.3. The maximum Gasteiger partial charge on any atom is 0.146 e. The number of aromatic nitrogens is 3. The molecule has 7 rings (SSSR count). The molecule has 3 aliphatic heterocycles. The van der Waals surface area contributed by atoms with E-state index in [2.05, 4.69) is 32.4 Å². The second-order valence-corrected chi connectivity index (χ2v) is 8.47. The molecule has 2 bridgehead atoms. The zero-order chi connectivity index (χ0) is 20.2. The predicted molar refractivity (Wildman–Crippen MR) is 109 cm³/mol. The van der Waals surface area contributed by atoms with Crippen LogP contribution >= 0.6 is 0 Å². The van der Waals surface area contributed by atoms with Gasteiger partial charge in [-0.3, -0.25) is 0 Å². The van der Waals surface area contributed by atoms with Crippen LogP contribution in [0, 0.1) is 11.3 Å². The highest BCUT2D eigenvalue weighted by atomic mass is 16.5. The molecule has 1 aliphatic carbocycles. The monoisotopic (exact) mass is 402 g/mol. The van der Waals surface area contributed by atoms with Gasteiger partial charge >= 0.3 is 0 Å². The first-order valence-electron chi connectivity index (χ1n) is 10.4. The number of piperidine rings is 1. The Morgan fingerprint density at radius 3 is 2.70 bits per heavy atom. The Kier molecular flexibility index (Phi) is 3.94. The fourth-order valence-electron chi connectivity index (χ4n) is 4.98. The van der Waals surface area contributed by atoms with Gasteiger partial charge in [0.25, 0.3) is 0 Å². The molecule has 4 aliphatic rings. The van der Waals surface area contributed by atoms with E-state index in [1.807, 2.05) is 24.4 Å². The second-order valence-electron chi connectivity index (χ2n) is 8.47. The van der Waals surface area contributed by atoms with E-state index in [0.717, 1.165) is 24.5 Å². The first-order valence-corrected chi connectivity index (χ1v) is 10.4. The lowest BCUT2D eigenvalue weighted by molar-refractivity contribution is -0.0380. The van der Waals surface area contributed by atoms with Gasteiger partial charge in [-0.15, -0.1) is 0 Å².